The first-order chi connectivity index (χ1) is 6.68. The number of quaternary nitrogens is 1. The molecular formula is C8H22N2O4S. The van der Waals surface area contributed by atoms with E-state index in [1.54, 1.807) is 0 Å². The van der Waals surface area contributed by atoms with Crippen molar-refractivity contribution in [3.05, 3.63) is 0 Å². The summed E-state index contributed by atoms with van der Waals surface area (Å²) in [5.41, 5.74) is 5.38. The van der Waals surface area contributed by atoms with Gasteiger partial charge in [-0.2, -0.15) is 0 Å². The summed E-state index contributed by atoms with van der Waals surface area (Å²) < 4.78 is 32.1. The third-order valence-electron chi connectivity index (χ3n) is 2.03. The molecule has 15 heavy (non-hydrogen) atoms. The molecule has 0 aliphatic rings. The van der Waals surface area contributed by atoms with E-state index in [2.05, 4.69) is 25.2 Å². The van der Waals surface area contributed by atoms with Crippen molar-refractivity contribution in [1.29, 1.82) is 0 Å². The quantitative estimate of drug-likeness (QED) is 0.399. The lowest BCUT2D eigenvalue weighted by Crippen LogP contribution is -2.40. The first kappa shape index (κ1) is 17.2. The highest BCUT2D eigenvalue weighted by Gasteiger charge is 2.08. The maximum Gasteiger partial charge on any atom is 0.217 e. The van der Waals surface area contributed by atoms with Crippen molar-refractivity contribution in [1.82, 2.24) is 0 Å². The number of nitrogens with zero attached hydrogens (tertiary/aromatic N) is 1. The fourth-order valence-corrected chi connectivity index (χ4v) is 0.677. The highest BCUT2D eigenvalue weighted by Crippen LogP contribution is 1.95. The Labute approximate surface area is 92.6 Å². The Balaban J connectivity index is 0. The summed E-state index contributed by atoms with van der Waals surface area (Å²) in [6, 6.07) is 0. The molecule has 0 saturated carbocycles. The lowest BCUT2D eigenvalue weighted by molar-refractivity contribution is -0.888. The summed E-state index contributed by atoms with van der Waals surface area (Å²) >= 11 is 0. The van der Waals surface area contributed by atoms with Gasteiger partial charge in [-0.3, -0.25) is 4.18 Å². The van der Waals surface area contributed by atoms with Crippen LogP contribution in [0.15, 0.2) is 0 Å². The van der Waals surface area contributed by atoms with Crippen LogP contribution in [0.25, 0.3) is 0 Å². The van der Waals surface area contributed by atoms with E-state index in [9.17, 15) is 13.0 Å². The molecule has 0 heterocycles. The molecule has 0 atom stereocenters. The van der Waals surface area contributed by atoms with Crippen LogP contribution in [0.5, 0.6) is 0 Å². The molecule has 0 aromatic carbocycles. The van der Waals surface area contributed by atoms with Crippen molar-refractivity contribution < 1.29 is 21.6 Å². The molecule has 0 aliphatic carbocycles. The maximum atomic E-state index is 9.22. The van der Waals surface area contributed by atoms with Crippen LogP contribution in [0.2, 0.25) is 0 Å². The Hall–Kier alpha value is -0.210. The molecule has 0 spiro atoms. The third-order valence-corrected chi connectivity index (χ3v) is 2.44. The first-order valence-corrected chi connectivity index (χ1v) is 6.05. The second kappa shape index (κ2) is 8.00. The Bertz CT molecular complexity index is 239. The molecule has 0 aromatic rings. The van der Waals surface area contributed by atoms with Crippen molar-refractivity contribution in [2.45, 2.75) is 13.3 Å². The fourth-order valence-electron chi connectivity index (χ4n) is 0.677. The summed E-state index contributed by atoms with van der Waals surface area (Å²) in [7, 11) is 0.859. The van der Waals surface area contributed by atoms with Crippen LogP contribution in [0.3, 0.4) is 0 Å². The monoisotopic (exact) mass is 242 g/mol. The molecule has 0 amide bonds. The van der Waals surface area contributed by atoms with E-state index >= 15 is 0 Å². The molecule has 0 aromatic heterocycles. The molecule has 0 saturated heterocycles. The van der Waals surface area contributed by atoms with E-state index in [0.717, 1.165) is 24.6 Å². The molecule has 7 heteroatoms. The van der Waals surface area contributed by atoms with Crippen LogP contribution in [-0.4, -0.2) is 58.3 Å². The largest absolute Gasteiger partial charge is 0.726 e. The summed E-state index contributed by atoms with van der Waals surface area (Å²) in [4.78, 5) is 0. The van der Waals surface area contributed by atoms with Crippen LogP contribution in [-0.2, 0) is 14.6 Å². The highest BCUT2D eigenvalue weighted by atomic mass is 32.3. The Morgan fingerprint density at radius 1 is 1.40 bits per heavy atom. The lowest BCUT2D eigenvalue weighted by Gasteiger charge is -2.27. The zero-order chi connectivity index (χ0) is 12.5. The van der Waals surface area contributed by atoms with E-state index in [1.165, 1.54) is 13.1 Å². The molecule has 0 rings (SSSR count). The van der Waals surface area contributed by atoms with E-state index in [-0.39, 0.29) is 0 Å². The van der Waals surface area contributed by atoms with Gasteiger partial charge in [0.15, 0.2) is 0 Å². The van der Waals surface area contributed by atoms with Gasteiger partial charge in [-0.25, -0.2) is 8.42 Å². The predicted octanol–water partition coefficient (Wildman–Crippen LogP) is -0.475. The van der Waals surface area contributed by atoms with Crippen molar-refractivity contribution in [2.75, 3.05) is 40.8 Å². The van der Waals surface area contributed by atoms with Gasteiger partial charge in [-0.15, -0.1) is 0 Å². The van der Waals surface area contributed by atoms with Gasteiger partial charge in [0.2, 0.25) is 10.4 Å². The number of nitrogens with two attached hydrogens (primary N) is 1. The minimum absolute atomic E-state index is 0.808. The van der Waals surface area contributed by atoms with Crippen molar-refractivity contribution in [2.24, 2.45) is 5.73 Å². The molecule has 2 N–H and O–H groups in total. The summed E-state index contributed by atoms with van der Waals surface area (Å²) in [6.45, 7) is 5.42. The zero-order valence-corrected chi connectivity index (χ0v) is 10.7. The molecule has 0 aliphatic heterocycles. The van der Waals surface area contributed by atoms with E-state index in [4.69, 9.17) is 5.73 Å². The van der Waals surface area contributed by atoms with Crippen LogP contribution in [0, 0.1) is 0 Å². The van der Waals surface area contributed by atoms with Crippen molar-refractivity contribution >= 4 is 10.4 Å². The number of hydrogen-bond acceptors (Lipinski definition) is 5. The molecular weight excluding hydrogens is 220 g/mol. The number of rotatable bonds is 5. The van der Waals surface area contributed by atoms with E-state index in [0.29, 0.717) is 0 Å². The molecule has 0 radical (unpaired) electrons. The van der Waals surface area contributed by atoms with Gasteiger partial charge in [-0.05, 0) is 13.5 Å². The first-order valence-electron chi connectivity index (χ1n) is 4.72. The molecule has 0 bridgehead atoms. The minimum atomic E-state index is -4.41. The smallest absolute Gasteiger partial charge is 0.217 e. The Morgan fingerprint density at radius 3 is 2.00 bits per heavy atom. The van der Waals surface area contributed by atoms with Crippen LogP contribution in [0.1, 0.15) is 13.3 Å². The topological polar surface area (TPSA) is 92.5 Å². The Morgan fingerprint density at radius 2 is 1.80 bits per heavy atom. The average Bonchev–Trinajstić information content (AvgIpc) is 2.15. The summed E-state index contributed by atoms with van der Waals surface area (Å²) in [5.74, 6) is 0. The van der Waals surface area contributed by atoms with Gasteiger partial charge < -0.3 is 14.8 Å². The number of hydrogen-bond donors (Lipinski definition) is 1. The fraction of sp³-hybridized carbons (Fsp3) is 1.00. The van der Waals surface area contributed by atoms with Crippen molar-refractivity contribution in [3.8, 4) is 0 Å². The van der Waals surface area contributed by atoms with Crippen LogP contribution < -0.4 is 5.73 Å². The van der Waals surface area contributed by atoms with Crippen LogP contribution in [0.4, 0.5) is 0 Å². The predicted molar refractivity (Wildman–Crippen MR) is 57.9 cm³/mol. The average molecular weight is 242 g/mol. The van der Waals surface area contributed by atoms with Gasteiger partial charge in [0.25, 0.3) is 0 Å². The van der Waals surface area contributed by atoms with Gasteiger partial charge in [-0.1, -0.05) is 0 Å². The van der Waals surface area contributed by atoms with Gasteiger partial charge in [0.1, 0.15) is 0 Å². The SMILES string of the molecule is CC[N+](C)(C)CCCN.COS(=O)(=O)[O-]. The maximum absolute atomic E-state index is 9.22. The van der Waals surface area contributed by atoms with Gasteiger partial charge in [0, 0.05) is 6.42 Å². The van der Waals surface area contributed by atoms with Gasteiger partial charge in [0.05, 0.1) is 34.3 Å². The zero-order valence-electron chi connectivity index (χ0n) is 9.89. The molecule has 0 fully saturated rings. The normalized spacial score (nSPS) is 11.9. The Kier molecular flexibility index (Phi) is 9.17. The lowest BCUT2D eigenvalue weighted by atomic mass is 10.3. The van der Waals surface area contributed by atoms with Crippen molar-refractivity contribution in [3.63, 3.8) is 0 Å². The minimum Gasteiger partial charge on any atom is -0.726 e. The second-order valence-corrected chi connectivity index (χ2v) is 4.84. The van der Waals surface area contributed by atoms with Crippen LogP contribution >= 0.6 is 0 Å². The molecule has 0 unspecified atom stereocenters. The third kappa shape index (κ3) is 16.5. The second-order valence-electron chi connectivity index (χ2n) is 3.69. The summed E-state index contributed by atoms with van der Waals surface area (Å²) in [5, 5.41) is 0. The highest BCUT2D eigenvalue weighted by molar-refractivity contribution is 7.80. The molecule has 94 valence electrons. The van der Waals surface area contributed by atoms with E-state index in [1.807, 2.05) is 0 Å². The standard InChI is InChI=1S/C7H19N2.CH4O4S/c1-4-9(2,3)7-5-6-8;1-5-6(2,3)4/h4-8H2,1-3H3;1H3,(H,2,3,4)/q+1;/p-1. The van der Waals surface area contributed by atoms with Gasteiger partial charge >= 0.3 is 0 Å². The summed E-state index contributed by atoms with van der Waals surface area (Å²) in [6.07, 6.45) is 1.14. The molecule has 6 nitrogen and oxygen atoms in total. The van der Waals surface area contributed by atoms with E-state index < -0.39 is 10.4 Å².